The number of carbonyl (C=O) groups is 1. The van der Waals surface area contributed by atoms with E-state index < -0.39 is 5.91 Å². The predicted molar refractivity (Wildman–Crippen MR) is 74.4 cm³/mol. The Balaban J connectivity index is 2.46. The van der Waals surface area contributed by atoms with Crippen molar-refractivity contribution in [1.29, 1.82) is 0 Å². The van der Waals surface area contributed by atoms with Gasteiger partial charge in [0.25, 0.3) is 5.91 Å². The first kappa shape index (κ1) is 12.3. The van der Waals surface area contributed by atoms with E-state index in [2.05, 4.69) is 12.2 Å². The van der Waals surface area contributed by atoms with Gasteiger partial charge in [-0.3, -0.25) is 4.79 Å². The fourth-order valence-corrected chi connectivity index (χ4v) is 3.81. The molecule has 0 aliphatic heterocycles. The number of nitrogens with two attached hydrogens (primary N) is 2. The summed E-state index contributed by atoms with van der Waals surface area (Å²) in [6, 6.07) is 0. The summed E-state index contributed by atoms with van der Waals surface area (Å²) in [7, 11) is 0. The summed E-state index contributed by atoms with van der Waals surface area (Å²) in [6.45, 7) is 2.22. The van der Waals surface area contributed by atoms with E-state index in [-0.39, 0.29) is 5.11 Å². The largest absolute Gasteiger partial charge is 0.376 e. The van der Waals surface area contributed by atoms with E-state index in [0.717, 1.165) is 24.8 Å². The highest BCUT2D eigenvalue weighted by molar-refractivity contribution is 7.80. The van der Waals surface area contributed by atoms with Crippen LogP contribution in [0.1, 0.15) is 34.1 Å². The van der Waals surface area contributed by atoms with Gasteiger partial charge in [0.05, 0.1) is 5.56 Å². The maximum Gasteiger partial charge on any atom is 0.251 e. The Hall–Kier alpha value is -1.14. The van der Waals surface area contributed by atoms with Crippen molar-refractivity contribution in [2.75, 3.05) is 5.32 Å². The van der Waals surface area contributed by atoms with Crippen molar-refractivity contribution in [3.63, 3.8) is 0 Å². The number of thiophene rings is 1. The molecule has 0 spiro atoms. The zero-order valence-electron chi connectivity index (χ0n) is 9.58. The Morgan fingerprint density at radius 2 is 2.24 bits per heavy atom. The number of rotatable bonds is 2. The van der Waals surface area contributed by atoms with Crippen LogP contribution in [-0.2, 0) is 12.8 Å². The summed E-state index contributed by atoms with van der Waals surface area (Å²) >= 11 is 6.35. The fraction of sp³-hybridized carbons (Fsp3) is 0.455. The van der Waals surface area contributed by atoms with Crippen LogP contribution in [0, 0.1) is 5.92 Å². The second kappa shape index (κ2) is 4.62. The lowest BCUT2D eigenvalue weighted by Gasteiger charge is -2.18. The molecule has 0 fully saturated rings. The van der Waals surface area contributed by atoms with E-state index in [1.54, 1.807) is 11.3 Å². The third kappa shape index (κ3) is 2.42. The maximum atomic E-state index is 11.5. The van der Waals surface area contributed by atoms with Crippen LogP contribution in [0.2, 0.25) is 0 Å². The molecule has 0 bridgehead atoms. The van der Waals surface area contributed by atoms with Gasteiger partial charge >= 0.3 is 0 Å². The number of anilines is 1. The van der Waals surface area contributed by atoms with E-state index in [1.807, 2.05) is 0 Å². The van der Waals surface area contributed by atoms with Gasteiger partial charge in [0.2, 0.25) is 0 Å². The molecule has 17 heavy (non-hydrogen) atoms. The lowest BCUT2D eigenvalue weighted by Crippen LogP contribution is -2.22. The number of carbonyl (C=O) groups excluding carboxylic acids is 1. The summed E-state index contributed by atoms with van der Waals surface area (Å²) in [6.07, 6.45) is 3.00. The first-order valence-corrected chi connectivity index (χ1v) is 6.72. The SMILES string of the molecule is CC1CCc2c(sc(NC(N)=S)c2C(N)=O)C1. The molecule has 1 amide bonds. The summed E-state index contributed by atoms with van der Waals surface area (Å²) in [4.78, 5) is 12.8. The Bertz CT molecular complexity index is 481. The standard InChI is InChI=1S/C11H15N3OS2/c1-5-2-3-6-7(4-5)17-10(14-11(13)16)8(6)9(12)15/h5H,2-4H2,1H3,(H2,12,15)(H3,13,14,16). The molecule has 1 heterocycles. The van der Waals surface area contributed by atoms with Gasteiger partial charge in [-0.25, -0.2) is 0 Å². The molecule has 0 radical (unpaired) electrons. The van der Waals surface area contributed by atoms with Crippen molar-refractivity contribution in [2.24, 2.45) is 17.4 Å². The highest BCUT2D eigenvalue weighted by Gasteiger charge is 2.26. The molecule has 2 rings (SSSR count). The van der Waals surface area contributed by atoms with Gasteiger partial charge in [-0.1, -0.05) is 6.92 Å². The normalized spacial score (nSPS) is 18.5. The Kier molecular flexibility index (Phi) is 3.35. The minimum atomic E-state index is -0.407. The van der Waals surface area contributed by atoms with Gasteiger partial charge in [-0.2, -0.15) is 0 Å². The number of hydrogen-bond acceptors (Lipinski definition) is 3. The molecule has 5 N–H and O–H groups in total. The van der Waals surface area contributed by atoms with Gasteiger partial charge in [0.15, 0.2) is 5.11 Å². The van der Waals surface area contributed by atoms with E-state index in [0.29, 0.717) is 16.5 Å². The number of amides is 1. The first-order chi connectivity index (χ1) is 7.99. The molecule has 92 valence electrons. The van der Waals surface area contributed by atoms with Gasteiger partial charge < -0.3 is 16.8 Å². The molecule has 0 saturated heterocycles. The van der Waals surface area contributed by atoms with Crippen LogP contribution in [0.5, 0.6) is 0 Å². The van der Waals surface area contributed by atoms with Crippen molar-refractivity contribution < 1.29 is 4.79 Å². The molecular weight excluding hydrogens is 254 g/mol. The Labute approximate surface area is 109 Å². The summed E-state index contributed by atoms with van der Waals surface area (Å²) < 4.78 is 0. The number of primary amides is 1. The topological polar surface area (TPSA) is 81.1 Å². The third-order valence-corrected chi connectivity index (χ3v) is 4.27. The average molecular weight is 269 g/mol. The van der Waals surface area contributed by atoms with Crippen LogP contribution in [-0.4, -0.2) is 11.0 Å². The van der Waals surface area contributed by atoms with Crippen LogP contribution < -0.4 is 16.8 Å². The highest BCUT2D eigenvalue weighted by atomic mass is 32.1. The van der Waals surface area contributed by atoms with E-state index in [1.165, 1.54) is 4.88 Å². The second-order valence-corrected chi connectivity index (χ2v) is 5.95. The summed E-state index contributed by atoms with van der Waals surface area (Å²) in [5.74, 6) is 0.246. The fourth-order valence-electron chi connectivity index (χ4n) is 2.21. The van der Waals surface area contributed by atoms with Crippen LogP contribution >= 0.6 is 23.6 Å². The minimum Gasteiger partial charge on any atom is -0.376 e. The molecule has 0 saturated carbocycles. The van der Waals surface area contributed by atoms with Crippen LogP contribution in [0.3, 0.4) is 0 Å². The zero-order chi connectivity index (χ0) is 12.6. The Morgan fingerprint density at radius 1 is 1.53 bits per heavy atom. The van der Waals surface area contributed by atoms with Crippen molar-refractivity contribution >= 4 is 39.6 Å². The molecule has 1 unspecified atom stereocenters. The summed E-state index contributed by atoms with van der Waals surface area (Å²) in [5, 5.41) is 3.72. The van der Waals surface area contributed by atoms with Gasteiger partial charge in [0, 0.05) is 4.88 Å². The molecule has 4 nitrogen and oxygen atoms in total. The van der Waals surface area contributed by atoms with E-state index >= 15 is 0 Å². The smallest absolute Gasteiger partial charge is 0.251 e. The molecule has 1 aromatic heterocycles. The molecule has 1 aliphatic rings. The van der Waals surface area contributed by atoms with Gasteiger partial charge in [-0.05, 0) is 43.0 Å². The highest BCUT2D eigenvalue weighted by Crippen LogP contribution is 2.39. The molecule has 1 aliphatic carbocycles. The van der Waals surface area contributed by atoms with Gasteiger partial charge in [-0.15, -0.1) is 11.3 Å². The second-order valence-electron chi connectivity index (χ2n) is 4.41. The van der Waals surface area contributed by atoms with Crippen molar-refractivity contribution in [3.8, 4) is 0 Å². The lowest BCUT2D eigenvalue weighted by molar-refractivity contribution is 0.100. The Morgan fingerprint density at radius 3 is 2.82 bits per heavy atom. The quantitative estimate of drug-likeness (QED) is 0.713. The number of thiocarbonyl (C=S) groups is 1. The number of hydrogen-bond donors (Lipinski definition) is 3. The molecular formula is C11H15N3OS2. The van der Waals surface area contributed by atoms with Crippen LogP contribution in [0.4, 0.5) is 5.00 Å². The monoisotopic (exact) mass is 269 g/mol. The average Bonchev–Trinajstić information content (AvgIpc) is 2.53. The first-order valence-electron chi connectivity index (χ1n) is 5.49. The van der Waals surface area contributed by atoms with Crippen molar-refractivity contribution in [2.45, 2.75) is 26.2 Å². The molecule has 1 atom stereocenters. The van der Waals surface area contributed by atoms with E-state index in [9.17, 15) is 4.79 Å². The third-order valence-electron chi connectivity index (χ3n) is 2.99. The van der Waals surface area contributed by atoms with Crippen LogP contribution in [0.25, 0.3) is 0 Å². The lowest BCUT2D eigenvalue weighted by atomic mass is 9.88. The molecule has 1 aromatic rings. The molecule has 0 aromatic carbocycles. The van der Waals surface area contributed by atoms with Crippen molar-refractivity contribution in [3.05, 3.63) is 16.0 Å². The maximum absolute atomic E-state index is 11.5. The summed E-state index contributed by atoms with van der Waals surface area (Å²) in [5.41, 5.74) is 12.5. The molecule has 6 heteroatoms. The van der Waals surface area contributed by atoms with Crippen molar-refractivity contribution in [1.82, 2.24) is 0 Å². The number of fused-ring (bicyclic) bond motifs is 1. The number of nitrogens with one attached hydrogen (secondary N) is 1. The predicted octanol–water partition coefficient (Wildman–Crippen LogP) is 1.63. The van der Waals surface area contributed by atoms with Gasteiger partial charge in [0.1, 0.15) is 5.00 Å². The van der Waals surface area contributed by atoms with E-state index in [4.69, 9.17) is 23.7 Å². The van der Waals surface area contributed by atoms with Crippen LogP contribution in [0.15, 0.2) is 0 Å². The zero-order valence-corrected chi connectivity index (χ0v) is 11.2. The minimum absolute atomic E-state index is 0.166.